The SMILES string of the molecule is CC(=O)NCCC(=O)NCC(C)(C)c1ccc(Cl)c(Cl)c1. The van der Waals surface area contributed by atoms with E-state index in [-0.39, 0.29) is 23.7 Å². The minimum absolute atomic E-state index is 0.100. The van der Waals surface area contributed by atoms with E-state index in [1.807, 2.05) is 26.0 Å². The van der Waals surface area contributed by atoms with Gasteiger partial charge in [0.2, 0.25) is 11.8 Å². The molecule has 1 aromatic carbocycles. The highest BCUT2D eigenvalue weighted by Gasteiger charge is 2.22. The summed E-state index contributed by atoms with van der Waals surface area (Å²) in [6.07, 6.45) is 0.261. The molecule has 21 heavy (non-hydrogen) atoms. The molecule has 4 nitrogen and oxygen atoms in total. The molecule has 0 atom stereocenters. The fraction of sp³-hybridized carbons (Fsp3) is 0.467. The van der Waals surface area contributed by atoms with Crippen LogP contribution in [0.15, 0.2) is 18.2 Å². The third kappa shape index (κ3) is 5.94. The zero-order valence-corrected chi connectivity index (χ0v) is 13.9. The fourth-order valence-electron chi connectivity index (χ4n) is 1.78. The lowest BCUT2D eigenvalue weighted by atomic mass is 9.84. The average Bonchev–Trinajstić information content (AvgIpc) is 2.39. The Labute approximate surface area is 135 Å². The Balaban J connectivity index is 2.54. The summed E-state index contributed by atoms with van der Waals surface area (Å²) in [7, 11) is 0. The molecule has 2 N–H and O–H groups in total. The number of amides is 2. The monoisotopic (exact) mass is 330 g/mol. The van der Waals surface area contributed by atoms with Gasteiger partial charge in [-0.3, -0.25) is 9.59 Å². The van der Waals surface area contributed by atoms with Crippen molar-refractivity contribution in [1.29, 1.82) is 0 Å². The Kier molecular flexibility index (Phi) is 6.49. The van der Waals surface area contributed by atoms with Crippen LogP contribution in [0.3, 0.4) is 0 Å². The van der Waals surface area contributed by atoms with Gasteiger partial charge < -0.3 is 10.6 Å². The molecule has 0 aliphatic heterocycles. The minimum atomic E-state index is -0.266. The van der Waals surface area contributed by atoms with Crippen LogP contribution in [0.1, 0.15) is 32.8 Å². The highest BCUT2D eigenvalue weighted by molar-refractivity contribution is 6.42. The van der Waals surface area contributed by atoms with Crippen molar-refractivity contribution in [1.82, 2.24) is 10.6 Å². The maximum atomic E-state index is 11.7. The Hall–Kier alpha value is -1.26. The summed E-state index contributed by atoms with van der Waals surface area (Å²) in [5, 5.41) is 6.46. The molecule has 0 aliphatic rings. The molecule has 0 saturated carbocycles. The molecule has 0 fully saturated rings. The van der Waals surface area contributed by atoms with E-state index in [9.17, 15) is 9.59 Å². The molecule has 6 heteroatoms. The number of carbonyl (C=O) groups excluding carboxylic acids is 2. The smallest absolute Gasteiger partial charge is 0.221 e. The van der Waals surface area contributed by atoms with Gasteiger partial charge in [-0.05, 0) is 17.7 Å². The summed E-state index contributed by atoms with van der Waals surface area (Å²) >= 11 is 11.9. The van der Waals surface area contributed by atoms with Crippen molar-refractivity contribution < 1.29 is 9.59 Å². The second kappa shape index (κ2) is 7.66. The van der Waals surface area contributed by atoms with E-state index >= 15 is 0 Å². The van der Waals surface area contributed by atoms with Crippen molar-refractivity contribution >= 4 is 35.0 Å². The molecule has 0 aliphatic carbocycles. The van der Waals surface area contributed by atoms with Crippen LogP contribution in [0, 0.1) is 0 Å². The van der Waals surface area contributed by atoms with Gasteiger partial charge in [0.15, 0.2) is 0 Å². The van der Waals surface area contributed by atoms with E-state index in [2.05, 4.69) is 10.6 Å². The van der Waals surface area contributed by atoms with Crippen LogP contribution in [-0.2, 0) is 15.0 Å². The topological polar surface area (TPSA) is 58.2 Å². The summed E-state index contributed by atoms with van der Waals surface area (Å²) in [6.45, 7) is 6.27. The predicted octanol–water partition coefficient (Wildman–Crippen LogP) is 2.91. The van der Waals surface area contributed by atoms with Crippen molar-refractivity contribution in [3.8, 4) is 0 Å². The molecule has 0 heterocycles. The molecular weight excluding hydrogens is 311 g/mol. The van der Waals surface area contributed by atoms with Gasteiger partial charge in [0.25, 0.3) is 0 Å². The molecule has 116 valence electrons. The Morgan fingerprint density at radius 2 is 1.81 bits per heavy atom. The first-order chi connectivity index (χ1) is 9.72. The third-order valence-electron chi connectivity index (χ3n) is 3.15. The molecule has 0 unspecified atom stereocenters. The van der Waals surface area contributed by atoms with Gasteiger partial charge in [0.05, 0.1) is 10.0 Å². The molecule has 0 spiro atoms. The highest BCUT2D eigenvalue weighted by atomic mass is 35.5. The van der Waals surface area contributed by atoms with Gasteiger partial charge in [0.1, 0.15) is 0 Å². The number of nitrogens with one attached hydrogen (secondary N) is 2. The zero-order valence-electron chi connectivity index (χ0n) is 12.4. The third-order valence-corrected chi connectivity index (χ3v) is 3.89. The first-order valence-electron chi connectivity index (χ1n) is 6.69. The number of hydrogen-bond acceptors (Lipinski definition) is 2. The lowest BCUT2D eigenvalue weighted by Gasteiger charge is -2.26. The van der Waals surface area contributed by atoms with E-state index in [1.54, 1.807) is 6.07 Å². The Morgan fingerprint density at radius 3 is 2.38 bits per heavy atom. The van der Waals surface area contributed by atoms with Gasteiger partial charge in [-0.15, -0.1) is 0 Å². The van der Waals surface area contributed by atoms with E-state index in [0.29, 0.717) is 23.1 Å². The van der Waals surface area contributed by atoms with Crippen molar-refractivity contribution in [3.63, 3.8) is 0 Å². The molecule has 0 radical (unpaired) electrons. The van der Waals surface area contributed by atoms with Gasteiger partial charge in [-0.2, -0.15) is 0 Å². The second-order valence-corrected chi connectivity index (χ2v) is 6.34. The molecule has 0 aromatic heterocycles. The van der Waals surface area contributed by atoms with E-state index < -0.39 is 0 Å². The molecule has 2 amide bonds. The Morgan fingerprint density at radius 1 is 1.14 bits per heavy atom. The molecule has 0 bridgehead atoms. The zero-order chi connectivity index (χ0) is 16.0. The van der Waals surface area contributed by atoms with Crippen molar-refractivity contribution in [2.24, 2.45) is 0 Å². The van der Waals surface area contributed by atoms with Crippen LogP contribution in [0.5, 0.6) is 0 Å². The fourth-order valence-corrected chi connectivity index (χ4v) is 2.08. The van der Waals surface area contributed by atoms with Crippen LogP contribution >= 0.6 is 23.2 Å². The number of benzene rings is 1. The lowest BCUT2D eigenvalue weighted by molar-refractivity contribution is -0.121. The molecular formula is C15H20Cl2N2O2. The summed E-state index contributed by atoms with van der Waals surface area (Å²) in [5.74, 6) is -0.240. The molecule has 1 aromatic rings. The van der Waals surface area contributed by atoms with Crippen molar-refractivity contribution in [2.75, 3.05) is 13.1 Å². The van der Waals surface area contributed by atoms with Crippen LogP contribution in [0.2, 0.25) is 10.0 Å². The summed E-state index contributed by atoms with van der Waals surface area (Å²) in [6, 6.07) is 5.46. The number of hydrogen-bond donors (Lipinski definition) is 2. The van der Waals surface area contributed by atoms with Crippen molar-refractivity contribution in [2.45, 2.75) is 32.6 Å². The maximum absolute atomic E-state index is 11.7. The van der Waals surface area contributed by atoms with Crippen LogP contribution < -0.4 is 10.6 Å². The summed E-state index contributed by atoms with van der Waals surface area (Å²) in [5.41, 5.74) is 0.733. The van der Waals surface area contributed by atoms with E-state index in [0.717, 1.165) is 5.56 Å². The lowest BCUT2D eigenvalue weighted by Crippen LogP contribution is -2.38. The second-order valence-electron chi connectivity index (χ2n) is 5.52. The maximum Gasteiger partial charge on any atom is 0.221 e. The minimum Gasteiger partial charge on any atom is -0.356 e. The van der Waals surface area contributed by atoms with Gasteiger partial charge in [0, 0.05) is 31.8 Å². The van der Waals surface area contributed by atoms with Gasteiger partial charge >= 0.3 is 0 Å². The van der Waals surface area contributed by atoms with Crippen molar-refractivity contribution in [3.05, 3.63) is 33.8 Å². The van der Waals surface area contributed by atoms with Gasteiger partial charge in [-0.25, -0.2) is 0 Å². The summed E-state index contributed by atoms with van der Waals surface area (Å²) < 4.78 is 0. The number of halogens is 2. The normalized spacial score (nSPS) is 11.1. The first kappa shape index (κ1) is 17.8. The number of rotatable bonds is 6. The van der Waals surface area contributed by atoms with Crippen LogP contribution in [0.25, 0.3) is 0 Å². The molecule has 1 rings (SSSR count). The molecule has 0 saturated heterocycles. The van der Waals surface area contributed by atoms with E-state index in [4.69, 9.17) is 23.2 Å². The van der Waals surface area contributed by atoms with E-state index in [1.165, 1.54) is 6.92 Å². The summed E-state index contributed by atoms with van der Waals surface area (Å²) in [4.78, 5) is 22.4. The quantitative estimate of drug-likeness (QED) is 0.842. The van der Waals surface area contributed by atoms with Crippen LogP contribution in [0.4, 0.5) is 0 Å². The standard InChI is InChI=1S/C15H20Cl2N2O2/c1-10(20)18-7-6-14(21)19-9-15(2,3)11-4-5-12(16)13(17)8-11/h4-5,8H,6-7,9H2,1-3H3,(H,18,20)(H,19,21). The highest BCUT2D eigenvalue weighted by Crippen LogP contribution is 2.29. The predicted molar refractivity (Wildman–Crippen MR) is 85.8 cm³/mol. The average molecular weight is 331 g/mol. The Bertz CT molecular complexity index is 530. The van der Waals surface area contributed by atoms with Gasteiger partial charge in [-0.1, -0.05) is 43.1 Å². The number of carbonyl (C=O) groups is 2. The largest absolute Gasteiger partial charge is 0.356 e. The van der Waals surface area contributed by atoms with Crippen LogP contribution in [-0.4, -0.2) is 24.9 Å². The first-order valence-corrected chi connectivity index (χ1v) is 7.44.